The van der Waals surface area contributed by atoms with Crippen LogP contribution in [0.25, 0.3) is 0 Å². The Labute approximate surface area is 497 Å². The molecule has 6 atom stereocenters. The fourth-order valence-corrected chi connectivity index (χ4v) is 10.8. The number of benzene rings is 4. The second-order valence-electron chi connectivity index (χ2n) is 21.2. The van der Waals surface area contributed by atoms with Gasteiger partial charge in [0.1, 0.15) is 28.7 Å². The molecule has 460 valence electrons. The predicted octanol–water partition coefficient (Wildman–Crippen LogP) is 8.13. The zero-order valence-electron chi connectivity index (χ0n) is 47.1. The molecule has 7 N–H and O–H groups in total. The third kappa shape index (κ3) is 21.0. The normalized spacial score (nSPS) is 16.3. The van der Waals surface area contributed by atoms with Crippen LogP contribution in [0, 0.1) is 46.7 Å². The Balaban J connectivity index is 0.000000361. The minimum atomic E-state index is -1.37. The van der Waals surface area contributed by atoms with Gasteiger partial charge in [0.25, 0.3) is 11.8 Å². The van der Waals surface area contributed by atoms with E-state index in [2.05, 4.69) is 16.0 Å². The minimum Gasteiger partial charge on any atom is -0.478 e. The van der Waals surface area contributed by atoms with E-state index in [1.54, 1.807) is 97.0 Å². The highest BCUT2D eigenvalue weighted by molar-refractivity contribution is 8.01. The molecule has 4 aromatic carbocycles. The Morgan fingerprint density at radius 2 is 0.988 bits per heavy atom. The van der Waals surface area contributed by atoms with Gasteiger partial charge >= 0.3 is 18.0 Å². The van der Waals surface area contributed by atoms with Crippen LogP contribution >= 0.6 is 35.9 Å². The number of hydrogen-bond acceptors (Lipinski definition) is 13. The second kappa shape index (κ2) is 31.8. The van der Waals surface area contributed by atoms with Crippen LogP contribution in [0.4, 0.5) is 31.1 Å². The molecule has 2 aliphatic heterocycles. The van der Waals surface area contributed by atoms with Gasteiger partial charge in [-0.3, -0.25) is 19.2 Å². The van der Waals surface area contributed by atoms with Crippen molar-refractivity contribution in [3.05, 3.63) is 130 Å². The first-order valence-electron chi connectivity index (χ1n) is 26.4. The monoisotopic (exact) mass is 1240 g/mol. The van der Waals surface area contributed by atoms with Gasteiger partial charge in [-0.25, -0.2) is 40.7 Å². The molecular formula is C57H69ClF6N6O12S2. The lowest BCUT2D eigenvalue weighted by Crippen LogP contribution is -2.48. The van der Waals surface area contributed by atoms with Gasteiger partial charge in [-0.05, 0) is 92.3 Å². The van der Waals surface area contributed by atoms with E-state index in [0.717, 1.165) is 11.6 Å². The molecule has 27 heteroatoms. The fraction of sp³-hybridized carbons (Fsp3) is 0.456. The zero-order valence-corrected chi connectivity index (χ0v) is 49.5. The Hall–Kier alpha value is -6.90. The van der Waals surface area contributed by atoms with Crippen LogP contribution in [-0.4, -0.2) is 127 Å². The number of carbonyl (C=O) groups excluding carboxylic acids is 5. The summed E-state index contributed by atoms with van der Waals surface area (Å²) in [5.41, 5.74) is 6.20. The Kier molecular flexibility index (Phi) is 26.4. The van der Waals surface area contributed by atoms with E-state index in [9.17, 15) is 70.1 Å². The Morgan fingerprint density at radius 1 is 0.607 bits per heavy atom. The summed E-state index contributed by atoms with van der Waals surface area (Å²) in [6.07, 6.45) is -3.94. The summed E-state index contributed by atoms with van der Waals surface area (Å²) in [6, 6.07) is 13.6. The molecule has 6 rings (SSSR count). The van der Waals surface area contributed by atoms with E-state index in [0.29, 0.717) is 53.3 Å². The van der Waals surface area contributed by atoms with E-state index in [1.165, 1.54) is 33.3 Å². The molecule has 84 heavy (non-hydrogen) atoms. The number of nitrogens with zero attached hydrogens (tertiary/aromatic N) is 2. The third-order valence-electron chi connectivity index (χ3n) is 12.6. The van der Waals surface area contributed by atoms with Crippen molar-refractivity contribution in [1.29, 1.82) is 0 Å². The molecule has 0 radical (unpaired) electrons. The second-order valence-corrected chi connectivity index (χ2v) is 23.6. The summed E-state index contributed by atoms with van der Waals surface area (Å²) < 4.78 is 98.6. The topological polar surface area (TPSA) is 256 Å². The molecule has 0 aromatic heterocycles. The van der Waals surface area contributed by atoms with Gasteiger partial charge in [0.15, 0.2) is 46.2 Å². The van der Waals surface area contributed by atoms with Crippen LogP contribution in [0.2, 0.25) is 0 Å². The molecule has 2 heterocycles. The maximum Gasteiger partial charge on any atom is 0.407 e. The first-order chi connectivity index (χ1) is 39.0. The zero-order chi connectivity index (χ0) is 61.5. The summed E-state index contributed by atoms with van der Waals surface area (Å²) >= 11 is 2.55. The number of hydrogen-bond donors (Lipinski definition) is 6. The quantitative estimate of drug-likeness (QED) is 0.0303. The van der Waals surface area contributed by atoms with Gasteiger partial charge in [-0.2, -0.15) is 0 Å². The summed E-state index contributed by atoms with van der Waals surface area (Å²) in [7, 11) is 0. The maximum absolute atomic E-state index is 14.4. The number of alkyl carbamates (subject to hydrolysis) is 1. The molecular weight excluding hydrogens is 1170 g/mol. The van der Waals surface area contributed by atoms with E-state index in [1.807, 2.05) is 0 Å². The number of carbonyl (C=O) groups is 7. The van der Waals surface area contributed by atoms with Crippen molar-refractivity contribution in [3.63, 3.8) is 0 Å². The van der Waals surface area contributed by atoms with E-state index >= 15 is 0 Å². The van der Waals surface area contributed by atoms with Crippen LogP contribution in [0.15, 0.2) is 72.8 Å². The molecule has 2 saturated heterocycles. The maximum atomic E-state index is 14.4. The standard InChI is InChI=1S/C31H38F3N3O7S.C26H30F3N3O5S.ClH/c1-17(2)26(29(40)41)43-21-8-6-18(7-9-21)16-35-27(39)28-37(10-11-45-28)25(38)14-20(36-30(42)44-31(3,4)5)12-19-13-23(33)24(34)15-22(19)32;1-14(2)23(26(35)36)37-18-5-3-15(4-6-18)13-31-24(34)25-32(7-8-38-25)22(33)11-17(30)9-16-10-20(28)21(29)12-19(16)27;/h6-9,13,15,17,20,26,28H,10-12,14,16H2,1-5H3,(H,35,39)(H,36,42)(H,40,41);3-6,10,12,14,17,23,25H,7-9,11,13,30H2,1-2H3,(H,31,34)(H,35,36);1H/t20-,26+,28+;17-,23+,25+;/m11./s1. The number of halogens is 7. The van der Waals surface area contributed by atoms with Gasteiger partial charge in [0.05, 0.1) is 0 Å². The molecule has 4 aromatic rings. The van der Waals surface area contributed by atoms with Crippen molar-refractivity contribution in [1.82, 2.24) is 25.8 Å². The Morgan fingerprint density at radius 3 is 1.37 bits per heavy atom. The molecule has 0 spiro atoms. The number of aliphatic carboxylic acids is 2. The van der Waals surface area contributed by atoms with Gasteiger partial charge in [-0.15, -0.1) is 35.9 Å². The number of rotatable bonds is 23. The van der Waals surface area contributed by atoms with Gasteiger partial charge in [0.2, 0.25) is 11.8 Å². The number of nitrogens with two attached hydrogens (primary N) is 1. The number of carboxylic acid groups (broad SMARTS) is 2. The molecule has 18 nitrogen and oxygen atoms in total. The number of thioether (sulfide) groups is 2. The van der Waals surface area contributed by atoms with Crippen molar-refractivity contribution in [3.8, 4) is 11.5 Å². The third-order valence-corrected chi connectivity index (χ3v) is 15.0. The first kappa shape index (κ1) is 69.6. The lowest BCUT2D eigenvalue weighted by Gasteiger charge is -2.27. The Bertz CT molecular complexity index is 2950. The molecule has 0 bridgehead atoms. The number of ether oxygens (including phenoxy) is 3. The summed E-state index contributed by atoms with van der Waals surface area (Å²) in [4.78, 5) is 90.1. The minimum absolute atomic E-state index is 0. The van der Waals surface area contributed by atoms with Crippen LogP contribution in [-0.2, 0) is 59.4 Å². The van der Waals surface area contributed by atoms with Crippen molar-refractivity contribution in [2.45, 2.75) is 128 Å². The number of amides is 5. The van der Waals surface area contributed by atoms with Gasteiger partial charge in [0, 0.05) is 86.6 Å². The van der Waals surface area contributed by atoms with Crippen LogP contribution in [0.3, 0.4) is 0 Å². The smallest absolute Gasteiger partial charge is 0.407 e. The highest BCUT2D eigenvalue weighted by atomic mass is 35.5. The van der Waals surface area contributed by atoms with Crippen molar-refractivity contribution in [2.75, 3.05) is 24.6 Å². The van der Waals surface area contributed by atoms with Crippen molar-refractivity contribution >= 4 is 77.6 Å². The number of nitrogens with one attached hydrogen (secondary N) is 3. The van der Waals surface area contributed by atoms with Gasteiger partial charge in [-0.1, -0.05) is 52.0 Å². The van der Waals surface area contributed by atoms with Crippen molar-refractivity contribution in [2.24, 2.45) is 17.6 Å². The number of carboxylic acids is 2. The molecule has 2 fully saturated rings. The average Bonchev–Trinajstić information content (AvgIpc) is 4.07. The van der Waals surface area contributed by atoms with E-state index in [4.69, 9.17) is 19.9 Å². The first-order valence-corrected chi connectivity index (χ1v) is 28.5. The summed E-state index contributed by atoms with van der Waals surface area (Å²) in [5.74, 6) is -9.64. The summed E-state index contributed by atoms with van der Waals surface area (Å²) in [5, 5.41) is 25.0. The summed E-state index contributed by atoms with van der Waals surface area (Å²) in [6.45, 7) is 12.8. The fourth-order valence-electron chi connectivity index (χ4n) is 8.42. The highest BCUT2D eigenvalue weighted by Crippen LogP contribution is 2.28. The molecule has 0 unspecified atom stereocenters. The van der Waals surface area contributed by atoms with E-state index < -0.39 is 111 Å². The van der Waals surface area contributed by atoms with Crippen LogP contribution < -0.4 is 31.2 Å². The highest BCUT2D eigenvalue weighted by Gasteiger charge is 2.38. The SMILES string of the molecule is CC(C)[C@H](Oc1ccc(CNC(=O)[C@@H]2SCCN2C(=O)C[C@@H](Cc2cc(F)c(F)cc2F)NC(=O)OC(C)(C)C)cc1)C(=O)O.CC(C)[C@H](Oc1ccc(CNC(=O)[C@@H]2SCCN2C(=O)C[C@H](N)Cc2cc(F)c(F)cc2F)cc1)C(=O)O.Cl. The molecule has 0 saturated carbocycles. The molecule has 2 aliphatic rings. The van der Waals surface area contributed by atoms with E-state index in [-0.39, 0.29) is 86.6 Å². The predicted molar refractivity (Wildman–Crippen MR) is 304 cm³/mol. The lowest BCUT2D eigenvalue weighted by atomic mass is 10.0. The van der Waals surface area contributed by atoms with Crippen LogP contribution in [0.5, 0.6) is 11.5 Å². The van der Waals surface area contributed by atoms with Crippen LogP contribution in [0.1, 0.15) is 83.6 Å². The largest absolute Gasteiger partial charge is 0.478 e. The van der Waals surface area contributed by atoms with Gasteiger partial charge < -0.3 is 55.9 Å². The molecule has 0 aliphatic carbocycles. The lowest BCUT2D eigenvalue weighted by molar-refractivity contribution is -0.148. The molecule has 5 amide bonds. The van der Waals surface area contributed by atoms with Crippen molar-refractivity contribution < 1.29 is 84.3 Å². The average molecular weight is 1240 g/mol.